The van der Waals surface area contributed by atoms with Gasteiger partial charge in [-0.1, -0.05) is 41.5 Å². The van der Waals surface area contributed by atoms with Gasteiger partial charge in [0.15, 0.2) is 8.32 Å². The van der Waals surface area contributed by atoms with Crippen molar-refractivity contribution < 1.29 is 41.8 Å². The van der Waals surface area contributed by atoms with Crippen molar-refractivity contribution in [3.05, 3.63) is 0 Å². The first-order chi connectivity index (χ1) is 8.81. The Morgan fingerprint density at radius 3 is 0.667 bits per heavy atom. The molecular formula is C15H40O4SiTi. The molecule has 0 bridgehead atoms. The van der Waals surface area contributed by atoms with E-state index in [1.165, 1.54) is 0 Å². The zero-order valence-corrected chi connectivity index (χ0v) is 18.2. The Bertz CT molecular complexity index is 135. The average Bonchev–Trinajstić information content (AvgIpc) is 2.28. The first-order valence-electron chi connectivity index (χ1n) is 7.36. The number of hydrogen-bond donors (Lipinski definition) is 4. The summed E-state index contributed by atoms with van der Waals surface area (Å²) >= 11 is 0. The fourth-order valence-electron chi connectivity index (χ4n) is 0. The van der Waals surface area contributed by atoms with Gasteiger partial charge < -0.3 is 20.1 Å². The molecule has 0 spiro atoms. The third-order valence-corrected chi connectivity index (χ3v) is 1.10. The van der Waals surface area contributed by atoms with E-state index in [1.807, 2.05) is 61.2 Å². The summed E-state index contributed by atoms with van der Waals surface area (Å²) in [4.78, 5) is 8.66. The summed E-state index contributed by atoms with van der Waals surface area (Å²) in [5.41, 5.74) is 0. The third kappa shape index (κ3) is 160. The van der Waals surface area contributed by atoms with Crippen LogP contribution in [-0.4, -0.2) is 48.3 Å². The predicted octanol–water partition coefficient (Wildman–Crippen LogP) is 2.72. The van der Waals surface area contributed by atoms with Crippen LogP contribution >= 0.6 is 0 Å². The monoisotopic (exact) mass is 360 g/mol. The Hall–Kier alpha value is 0.771. The minimum atomic E-state index is -1.61. The van der Waals surface area contributed by atoms with Crippen LogP contribution in [0.15, 0.2) is 0 Å². The van der Waals surface area contributed by atoms with E-state index in [4.69, 9.17) is 20.1 Å². The molecule has 0 atom stereocenters. The molecule has 0 aromatic heterocycles. The summed E-state index contributed by atoms with van der Waals surface area (Å²) in [6, 6.07) is 0. The molecule has 0 radical (unpaired) electrons. The molecule has 0 saturated carbocycles. The Kier molecular flexibility index (Phi) is 36.6. The van der Waals surface area contributed by atoms with Crippen LogP contribution in [-0.2, 0) is 21.7 Å². The van der Waals surface area contributed by atoms with Crippen LogP contribution in [0, 0.1) is 17.8 Å². The maximum absolute atomic E-state index is 8.66. The maximum Gasteiger partial charge on any atom is 0.179 e. The second-order valence-corrected chi connectivity index (χ2v) is 11.2. The molecule has 0 aromatic rings. The van der Waals surface area contributed by atoms with Crippen molar-refractivity contribution in [3.8, 4) is 0 Å². The van der Waals surface area contributed by atoms with Gasteiger partial charge in [-0.25, -0.2) is 0 Å². The van der Waals surface area contributed by atoms with Gasteiger partial charge in [0.1, 0.15) is 0 Å². The average molecular weight is 360 g/mol. The van der Waals surface area contributed by atoms with Gasteiger partial charge in [0.25, 0.3) is 0 Å². The van der Waals surface area contributed by atoms with Gasteiger partial charge in [0.2, 0.25) is 0 Å². The van der Waals surface area contributed by atoms with Crippen LogP contribution in [0.3, 0.4) is 0 Å². The predicted molar refractivity (Wildman–Crippen MR) is 91.3 cm³/mol. The molecule has 4 nitrogen and oxygen atoms in total. The van der Waals surface area contributed by atoms with Gasteiger partial charge in [0, 0.05) is 41.5 Å². The molecule has 0 heterocycles. The molecule has 0 aliphatic rings. The van der Waals surface area contributed by atoms with Crippen LogP contribution in [0.4, 0.5) is 0 Å². The van der Waals surface area contributed by atoms with Crippen LogP contribution in [0.2, 0.25) is 19.6 Å². The summed E-state index contributed by atoms with van der Waals surface area (Å²) < 4.78 is 0. The molecule has 0 aliphatic heterocycles. The van der Waals surface area contributed by atoms with E-state index in [1.54, 1.807) is 0 Å². The molecule has 0 rings (SSSR count). The maximum atomic E-state index is 8.66. The van der Waals surface area contributed by atoms with Crippen molar-refractivity contribution in [2.75, 3.05) is 19.8 Å². The minimum absolute atomic E-state index is 0. The second-order valence-electron chi connectivity index (χ2n) is 6.90. The molecule has 0 aromatic carbocycles. The fourth-order valence-corrected chi connectivity index (χ4v) is 0. The van der Waals surface area contributed by atoms with Crippen molar-refractivity contribution in [3.63, 3.8) is 0 Å². The molecule has 4 N–H and O–H groups in total. The molecule has 0 aliphatic carbocycles. The zero-order valence-electron chi connectivity index (χ0n) is 15.6. The van der Waals surface area contributed by atoms with E-state index in [-0.39, 0.29) is 21.7 Å². The van der Waals surface area contributed by atoms with E-state index in [9.17, 15) is 0 Å². The molecule has 0 fully saturated rings. The minimum Gasteiger partial charge on any atom is -0.433 e. The molecule has 0 unspecified atom stereocenters. The summed E-state index contributed by atoms with van der Waals surface area (Å²) in [6.45, 7) is 18.4. The first kappa shape index (κ1) is 33.4. The molecule has 6 heteroatoms. The first-order valence-corrected chi connectivity index (χ1v) is 10.8. The van der Waals surface area contributed by atoms with Crippen molar-refractivity contribution >= 4 is 8.32 Å². The molecule has 132 valence electrons. The normalized spacial score (nSPS) is 9.71. The van der Waals surface area contributed by atoms with Crippen molar-refractivity contribution in [1.29, 1.82) is 0 Å². The van der Waals surface area contributed by atoms with Gasteiger partial charge >= 0.3 is 0 Å². The van der Waals surface area contributed by atoms with E-state index in [0.717, 1.165) is 0 Å². The SMILES string of the molecule is CC(C)CO.CC(C)CO.CC(C)CO.C[Si](C)(C)O.[Ti]. The summed E-state index contributed by atoms with van der Waals surface area (Å²) in [6.07, 6.45) is 0. The van der Waals surface area contributed by atoms with Gasteiger partial charge in [-0.3, -0.25) is 0 Å². The van der Waals surface area contributed by atoms with E-state index < -0.39 is 8.32 Å². The quantitative estimate of drug-likeness (QED) is 0.584. The summed E-state index contributed by atoms with van der Waals surface area (Å²) in [7, 11) is -1.61. The van der Waals surface area contributed by atoms with Crippen LogP contribution in [0.25, 0.3) is 0 Å². The van der Waals surface area contributed by atoms with Crippen LogP contribution < -0.4 is 0 Å². The van der Waals surface area contributed by atoms with Gasteiger partial charge in [0.05, 0.1) is 0 Å². The largest absolute Gasteiger partial charge is 0.433 e. The van der Waals surface area contributed by atoms with E-state index in [2.05, 4.69) is 0 Å². The second kappa shape index (κ2) is 23.0. The van der Waals surface area contributed by atoms with Gasteiger partial charge in [-0.15, -0.1) is 0 Å². The molecular weight excluding hydrogens is 320 g/mol. The summed E-state index contributed by atoms with van der Waals surface area (Å²) in [5, 5.41) is 24.4. The van der Waals surface area contributed by atoms with Crippen molar-refractivity contribution in [1.82, 2.24) is 0 Å². The smallest absolute Gasteiger partial charge is 0.179 e. The molecule has 0 saturated heterocycles. The zero-order chi connectivity index (χ0) is 17.4. The summed E-state index contributed by atoms with van der Waals surface area (Å²) in [5.74, 6) is 1.32. The van der Waals surface area contributed by atoms with E-state index >= 15 is 0 Å². The fraction of sp³-hybridized carbons (Fsp3) is 1.00. The number of aliphatic hydroxyl groups excluding tert-OH is 3. The molecule has 21 heavy (non-hydrogen) atoms. The van der Waals surface area contributed by atoms with Crippen LogP contribution in [0.5, 0.6) is 0 Å². The number of rotatable bonds is 3. The van der Waals surface area contributed by atoms with Gasteiger partial charge in [-0.05, 0) is 37.4 Å². The van der Waals surface area contributed by atoms with Crippen molar-refractivity contribution in [2.24, 2.45) is 17.8 Å². The van der Waals surface area contributed by atoms with E-state index in [0.29, 0.717) is 37.6 Å². The van der Waals surface area contributed by atoms with Crippen LogP contribution in [0.1, 0.15) is 41.5 Å². The molecule has 0 amide bonds. The Balaban J connectivity index is -0.0000000533. The number of aliphatic hydroxyl groups is 3. The number of hydrogen-bond acceptors (Lipinski definition) is 4. The standard InChI is InChI=1S/3C4H10O.C3H10OSi.Ti/c3*1-4(2)3-5;1-5(2,3)4;/h3*4-5H,3H2,1-2H3;4H,1-3H3;. The van der Waals surface area contributed by atoms with Crippen molar-refractivity contribution in [2.45, 2.75) is 61.2 Å². The Morgan fingerprint density at radius 1 is 0.619 bits per heavy atom. The topological polar surface area (TPSA) is 80.9 Å². The third-order valence-electron chi connectivity index (χ3n) is 1.10. The Labute approximate surface area is 149 Å². The Morgan fingerprint density at radius 2 is 0.667 bits per heavy atom. The van der Waals surface area contributed by atoms with Gasteiger partial charge in [-0.2, -0.15) is 0 Å².